The van der Waals surface area contributed by atoms with Crippen molar-refractivity contribution in [3.8, 4) is 0 Å². The van der Waals surface area contributed by atoms with E-state index >= 15 is 0 Å². The summed E-state index contributed by atoms with van der Waals surface area (Å²) in [5.74, 6) is -1.10. The molecular formula is C12H16N2O4. The van der Waals surface area contributed by atoms with Crippen molar-refractivity contribution in [1.29, 1.82) is 0 Å². The number of nitrogens with one attached hydrogen (secondary N) is 1. The molecule has 18 heavy (non-hydrogen) atoms. The van der Waals surface area contributed by atoms with Gasteiger partial charge in [-0.05, 0) is 32.9 Å². The van der Waals surface area contributed by atoms with Gasteiger partial charge in [0.25, 0.3) is 5.91 Å². The first-order chi connectivity index (χ1) is 8.28. The van der Waals surface area contributed by atoms with Crippen LogP contribution in [0.3, 0.4) is 0 Å². The van der Waals surface area contributed by atoms with Crippen LogP contribution in [0.25, 0.3) is 0 Å². The number of rotatable bonds is 4. The molecule has 2 N–H and O–H groups in total. The summed E-state index contributed by atoms with van der Waals surface area (Å²) < 4.78 is 5.29. The minimum absolute atomic E-state index is 0.0685. The summed E-state index contributed by atoms with van der Waals surface area (Å²) in [5.41, 5.74) is -0.322. The van der Waals surface area contributed by atoms with Crippen molar-refractivity contribution < 1.29 is 19.4 Å². The number of carboxylic acids is 1. The van der Waals surface area contributed by atoms with Gasteiger partial charge >= 0.3 is 5.97 Å². The van der Waals surface area contributed by atoms with Gasteiger partial charge < -0.3 is 15.2 Å². The molecule has 0 saturated carbocycles. The first-order valence-electron chi connectivity index (χ1n) is 5.41. The van der Waals surface area contributed by atoms with Gasteiger partial charge in [0.05, 0.1) is 11.2 Å². The number of hydrogen-bond donors (Lipinski definition) is 2. The number of carbonyl (C=O) groups is 2. The number of nitrogens with zero attached hydrogens (tertiary/aromatic N) is 1. The van der Waals surface area contributed by atoms with Gasteiger partial charge in [-0.15, -0.1) is 0 Å². The summed E-state index contributed by atoms with van der Waals surface area (Å²) in [4.78, 5) is 25.9. The average Bonchev–Trinajstić information content (AvgIpc) is 2.26. The average molecular weight is 252 g/mol. The Labute approximate surface area is 105 Å². The predicted octanol–water partition coefficient (Wildman–Crippen LogP) is 1.53. The summed E-state index contributed by atoms with van der Waals surface area (Å²) in [5, 5.41) is 11.2. The van der Waals surface area contributed by atoms with E-state index in [1.807, 2.05) is 20.8 Å². The second kappa shape index (κ2) is 5.59. The van der Waals surface area contributed by atoms with E-state index in [1.54, 1.807) is 0 Å². The van der Waals surface area contributed by atoms with E-state index < -0.39 is 11.6 Å². The second-order valence-corrected chi connectivity index (χ2v) is 4.69. The Balaban J connectivity index is 2.52. The first kappa shape index (κ1) is 14.1. The van der Waals surface area contributed by atoms with Crippen molar-refractivity contribution in [2.45, 2.75) is 26.4 Å². The maximum absolute atomic E-state index is 11.5. The number of carbonyl (C=O) groups excluding carboxylic acids is 1. The summed E-state index contributed by atoms with van der Waals surface area (Å²) in [6.45, 7) is 5.46. The van der Waals surface area contributed by atoms with Crippen LogP contribution in [0.15, 0.2) is 18.3 Å². The fourth-order valence-electron chi connectivity index (χ4n) is 1.06. The predicted molar refractivity (Wildman–Crippen MR) is 65.5 cm³/mol. The number of pyridine rings is 1. The molecule has 0 aliphatic heterocycles. The highest BCUT2D eigenvalue weighted by Crippen LogP contribution is 2.08. The van der Waals surface area contributed by atoms with Gasteiger partial charge in [0.15, 0.2) is 0 Å². The van der Waals surface area contributed by atoms with Crippen LogP contribution < -0.4 is 5.32 Å². The smallest absolute Gasteiger partial charge is 0.337 e. The van der Waals surface area contributed by atoms with Gasteiger partial charge in [0.2, 0.25) is 0 Å². The minimum Gasteiger partial charge on any atom is -0.478 e. The molecule has 1 aromatic rings. The van der Waals surface area contributed by atoms with Gasteiger partial charge in [0.1, 0.15) is 12.4 Å². The topological polar surface area (TPSA) is 88.5 Å². The molecule has 0 fully saturated rings. The van der Waals surface area contributed by atoms with Crippen LogP contribution in [-0.4, -0.2) is 34.2 Å². The first-order valence-corrected chi connectivity index (χ1v) is 5.41. The Morgan fingerprint density at radius 1 is 1.39 bits per heavy atom. The lowest BCUT2D eigenvalue weighted by atomic mass is 10.2. The number of carboxylic acid groups (broad SMARTS) is 1. The highest BCUT2D eigenvalue weighted by atomic mass is 16.5. The largest absolute Gasteiger partial charge is 0.478 e. The van der Waals surface area contributed by atoms with Crippen LogP contribution in [0, 0.1) is 0 Å². The molecule has 0 radical (unpaired) electrons. The molecule has 1 heterocycles. The van der Waals surface area contributed by atoms with E-state index in [0.29, 0.717) is 5.82 Å². The van der Waals surface area contributed by atoms with Crippen molar-refractivity contribution in [2.75, 3.05) is 11.9 Å². The molecule has 1 rings (SSSR count). The van der Waals surface area contributed by atoms with E-state index in [4.69, 9.17) is 9.84 Å². The molecule has 0 unspecified atom stereocenters. The molecule has 0 saturated heterocycles. The Morgan fingerprint density at radius 3 is 2.50 bits per heavy atom. The van der Waals surface area contributed by atoms with Crippen LogP contribution in [-0.2, 0) is 9.53 Å². The summed E-state index contributed by atoms with van der Waals surface area (Å²) in [6, 6.07) is 2.80. The van der Waals surface area contributed by atoms with Crippen molar-refractivity contribution in [2.24, 2.45) is 0 Å². The number of aromatic carboxylic acids is 1. The second-order valence-electron chi connectivity index (χ2n) is 4.69. The molecular weight excluding hydrogens is 236 g/mol. The minimum atomic E-state index is -1.06. The molecule has 6 heteroatoms. The Morgan fingerprint density at radius 2 is 2.06 bits per heavy atom. The van der Waals surface area contributed by atoms with E-state index in [0.717, 1.165) is 0 Å². The van der Waals surface area contributed by atoms with E-state index in [9.17, 15) is 9.59 Å². The normalized spacial score (nSPS) is 11.1. The van der Waals surface area contributed by atoms with Gasteiger partial charge in [0, 0.05) is 6.20 Å². The fraction of sp³-hybridized carbons (Fsp3) is 0.417. The highest BCUT2D eigenvalue weighted by molar-refractivity contribution is 5.91. The zero-order valence-corrected chi connectivity index (χ0v) is 10.6. The van der Waals surface area contributed by atoms with Crippen molar-refractivity contribution in [3.05, 3.63) is 23.9 Å². The lowest BCUT2D eigenvalue weighted by Crippen LogP contribution is -2.27. The third-order valence-corrected chi connectivity index (χ3v) is 1.91. The van der Waals surface area contributed by atoms with Gasteiger partial charge in [-0.2, -0.15) is 0 Å². The molecule has 98 valence electrons. The molecule has 0 aromatic carbocycles. The third kappa shape index (κ3) is 4.92. The van der Waals surface area contributed by atoms with Crippen LogP contribution in [0.1, 0.15) is 31.1 Å². The Hall–Kier alpha value is -1.95. The molecule has 0 aliphatic rings. The maximum Gasteiger partial charge on any atom is 0.337 e. The molecule has 1 aromatic heterocycles. The molecule has 0 atom stereocenters. The number of ether oxygens (including phenoxy) is 1. The van der Waals surface area contributed by atoms with Crippen molar-refractivity contribution in [1.82, 2.24) is 4.98 Å². The molecule has 1 amide bonds. The molecule has 0 spiro atoms. The van der Waals surface area contributed by atoms with Crippen molar-refractivity contribution in [3.63, 3.8) is 0 Å². The van der Waals surface area contributed by atoms with E-state index in [1.165, 1.54) is 18.3 Å². The zero-order chi connectivity index (χ0) is 13.8. The Bertz CT molecular complexity index is 434. The Kier molecular flexibility index (Phi) is 4.38. The van der Waals surface area contributed by atoms with Crippen LogP contribution in [0.2, 0.25) is 0 Å². The van der Waals surface area contributed by atoms with Crippen LogP contribution in [0.4, 0.5) is 5.82 Å². The molecule has 6 nitrogen and oxygen atoms in total. The van der Waals surface area contributed by atoms with E-state index in [2.05, 4.69) is 10.3 Å². The molecule has 0 bridgehead atoms. The van der Waals surface area contributed by atoms with Gasteiger partial charge in [-0.1, -0.05) is 0 Å². The molecule has 0 aliphatic carbocycles. The monoisotopic (exact) mass is 252 g/mol. The standard InChI is InChI=1S/C12H16N2O4/c1-12(2,3)18-7-10(15)14-9-5-4-8(6-13-9)11(16)17/h4-6H,7H2,1-3H3,(H,16,17)(H,13,14,15). The summed E-state index contributed by atoms with van der Waals surface area (Å²) in [7, 11) is 0. The third-order valence-electron chi connectivity index (χ3n) is 1.91. The summed E-state index contributed by atoms with van der Waals surface area (Å²) >= 11 is 0. The SMILES string of the molecule is CC(C)(C)OCC(=O)Nc1ccc(C(=O)O)cn1. The highest BCUT2D eigenvalue weighted by Gasteiger charge is 2.13. The number of anilines is 1. The quantitative estimate of drug-likeness (QED) is 0.848. The van der Waals surface area contributed by atoms with Crippen LogP contribution >= 0.6 is 0 Å². The lowest BCUT2D eigenvalue weighted by Gasteiger charge is -2.18. The summed E-state index contributed by atoms with van der Waals surface area (Å²) in [6.07, 6.45) is 1.18. The van der Waals surface area contributed by atoms with Gasteiger partial charge in [-0.3, -0.25) is 4.79 Å². The fourth-order valence-corrected chi connectivity index (χ4v) is 1.06. The lowest BCUT2D eigenvalue weighted by molar-refractivity contribution is -0.125. The van der Waals surface area contributed by atoms with Gasteiger partial charge in [-0.25, -0.2) is 9.78 Å². The zero-order valence-electron chi connectivity index (χ0n) is 10.6. The maximum atomic E-state index is 11.5. The number of hydrogen-bond acceptors (Lipinski definition) is 4. The van der Waals surface area contributed by atoms with Crippen molar-refractivity contribution >= 4 is 17.7 Å². The van der Waals surface area contributed by atoms with Crippen LogP contribution in [0.5, 0.6) is 0 Å². The van der Waals surface area contributed by atoms with E-state index in [-0.39, 0.29) is 18.1 Å². The number of amides is 1. The number of aromatic nitrogens is 1.